The number of Topliss-reactive ketones (excluding diaryl/α,β-unsaturated/α-hetero) is 1. The number of hydrogen-bond donors (Lipinski definition) is 2. The fraction of sp³-hybridized carbons (Fsp3) is 0.400. The van der Waals surface area contributed by atoms with Gasteiger partial charge < -0.3 is 5.32 Å². The average Bonchev–Trinajstić information content (AvgIpc) is 2.98. The van der Waals surface area contributed by atoms with Crippen molar-refractivity contribution >= 4 is 49.7 Å². The van der Waals surface area contributed by atoms with Gasteiger partial charge in [-0.1, -0.05) is 30.0 Å². The van der Waals surface area contributed by atoms with Gasteiger partial charge in [-0.15, -0.1) is 10.2 Å². The van der Waals surface area contributed by atoms with Crippen molar-refractivity contribution in [3.05, 3.63) is 29.8 Å². The molecule has 1 atom stereocenters. The minimum Gasteiger partial charge on any atom is -0.360 e. The summed E-state index contributed by atoms with van der Waals surface area (Å²) in [7, 11) is -3.33. The Morgan fingerprint density at radius 2 is 1.96 bits per heavy atom. The topological polar surface area (TPSA) is 101 Å². The number of anilines is 2. The van der Waals surface area contributed by atoms with Crippen molar-refractivity contribution in [1.82, 2.24) is 10.2 Å². The fourth-order valence-corrected chi connectivity index (χ4v) is 4.48. The number of benzene rings is 1. The summed E-state index contributed by atoms with van der Waals surface area (Å²) in [6, 6.07) is 6.37. The van der Waals surface area contributed by atoms with E-state index in [2.05, 4.69) is 27.2 Å². The number of carbonyl (C=O) groups excluding carboxylic acids is 1. The predicted molar refractivity (Wildman–Crippen MR) is 103 cm³/mol. The number of aromatic nitrogens is 2. The van der Waals surface area contributed by atoms with Crippen LogP contribution in [-0.2, 0) is 10.0 Å². The van der Waals surface area contributed by atoms with E-state index < -0.39 is 10.0 Å². The predicted octanol–water partition coefficient (Wildman–Crippen LogP) is 3.10. The molecule has 0 spiro atoms. The summed E-state index contributed by atoms with van der Waals surface area (Å²) in [5.74, 6) is -0.0471. The number of rotatable bonds is 9. The van der Waals surface area contributed by atoms with Crippen LogP contribution in [0.4, 0.5) is 10.8 Å². The summed E-state index contributed by atoms with van der Waals surface area (Å²) >= 11 is 2.78. The highest BCUT2D eigenvalue weighted by molar-refractivity contribution is 8.02. The Morgan fingerprint density at radius 3 is 2.56 bits per heavy atom. The van der Waals surface area contributed by atoms with Crippen LogP contribution in [0.3, 0.4) is 0 Å². The van der Waals surface area contributed by atoms with Crippen LogP contribution in [0, 0.1) is 0 Å². The van der Waals surface area contributed by atoms with E-state index in [0.717, 1.165) is 28.7 Å². The van der Waals surface area contributed by atoms with Gasteiger partial charge in [-0.05, 0) is 37.6 Å². The molecule has 1 aromatic heterocycles. The lowest BCUT2D eigenvalue weighted by Crippen LogP contribution is -2.14. The Balaban J connectivity index is 1.98. The van der Waals surface area contributed by atoms with Crippen molar-refractivity contribution in [2.75, 3.05) is 22.8 Å². The van der Waals surface area contributed by atoms with Crippen LogP contribution in [0.25, 0.3) is 0 Å². The average molecular weight is 401 g/mol. The molecule has 0 unspecified atom stereocenters. The molecule has 0 saturated carbocycles. The molecule has 0 saturated heterocycles. The number of carbonyl (C=O) groups is 1. The first kappa shape index (κ1) is 19.7. The summed E-state index contributed by atoms with van der Waals surface area (Å²) in [6.07, 6.45) is 2.08. The fourth-order valence-electron chi connectivity index (χ4n) is 1.92. The van der Waals surface area contributed by atoms with Gasteiger partial charge in [0.15, 0.2) is 10.1 Å². The zero-order valence-electron chi connectivity index (χ0n) is 14.1. The van der Waals surface area contributed by atoms with Crippen molar-refractivity contribution < 1.29 is 13.2 Å². The molecule has 0 aliphatic rings. The minimum absolute atomic E-state index is 0.0471. The van der Waals surface area contributed by atoms with Gasteiger partial charge >= 0.3 is 0 Å². The molecule has 0 fully saturated rings. The Kier molecular flexibility index (Phi) is 6.79. The van der Waals surface area contributed by atoms with Crippen LogP contribution < -0.4 is 10.0 Å². The molecular weight excluding hydrogens is 380 g/mol. The molecule has 2 rings (SSSR count). The highest BCUT2D eigenvalue weighted by atomic mass is 32.2. The van der Waals surface area contributed by atoms with Crippen LogP contribution in [0.5, 0.6) is 0 Å². The SMILES string of the molecule is CCCNc1nnc(S[C@@H](C)C(=O)c2ccc(NS(C)(=O)=O)cc2)s1. The van der Waals surface area contributed by atoms with Gasteiger partial charge in [0.2, 0.25) is 15.2 Å². The standard InChI is InChI=1S/C15H20N4O3S3/c1-4-9-16-14-17-18-15(24-14)23-10(2)13(20)11-5-7-12(8-6-11)19-25(3,21)22/h5-8,10,19H,4,9H2,1-3H3,(H,16,17)/t10-/m0/s1. The second kappa shape index (κ2) is 8.63. The van der Waals surface area contributed by atoms with Gasteiger partial charge in [0.25, 0.3) is 0 Å². The highest BCUT2D eigenvalue weighted by Crippen LogP contribution is 2.30. The van der Waals surface area contributed by atoms with E-state index in [1.54, 1.807) is 24.3 Å². The second-order valence-corrected chi connectivity index (χ2v) is 9.69. The van der Waals surface area contributed by atoms with Crippen molar-refractivity contribution in [2.45, 2.75) is 29.9 Å². The summed E-state index contributed by atoms with van der Waals surface area (Å²) < 4.78 is 25.5. The molecule has 136 valence electrons. The van der Waals surface area contributed by atoms with E-state index in [4.69, 9.17) is 0 Å². The van der Waals surface area contributed by atoms with Crippen LogP contribution in [0.15, 0.2) is 28.6 Å². The molecule has 7 nitrogen and oxygen atoms in total. The molecule has 10 heteroatoms. The molecular formula is C15H20N4O3S3. The number of hydrogen-bond acceptors (Lipinski definition) is 8. The largest absolute Gasteiger partial charge is 0.360 e. The monoisotopic (exact) mass is 400 g/mol. The Bertz CT molecular complexity index is 819. The summed E-state index contributed by atoms with van der Waals surface area (Å²) in [4.78, 5) is 12.5. The van der Waals surface area contributed by atoms with Crippen molar-refractivity contribution in [3.8, 4) is 0 Å². The molecule has 25 heavy (non-hydrogen) atoms. The Hall–Kier alpha value is -1.65. The Morgan fingerprint density at radius 1 is 1.28 bits per heavy atom. The molecule has 2 N–H and O–H groups in total. The second-order valence-electron chi connectivity index (χ2n) is 5.38. The maximum absolute atomic E-state index is 12.5. The first-order valence-corrected chi connectivity index (χ1v) is 11.2. The van der Waals surface area contributed by atoms with Gasteiger partial charge in [-0.2, -0.15) is 0 Å². The van der Waals surface area contributed by atoms with Gasteiger partial charge in [0.05, 0.1) is 11.5 Å². The van der Waals surface area contributed by atoms with Crippen LogP contribution in [-0.4, -0.2) is 42.4 Å². The number of sulfonamides is 1. The van der Waals surface area contributed by atoms with Gasteiger partial charge in [-0.25, -0.2) is 8.42 Å². The van der Waals surface area contributed by atoms with Crippen LogP contribution >= 0.6 is 23.1 Å². The molecule has 1 aromatic carbocycles. The Labute approximate surface area is 155 Å². The van der Waals surface area contributed by atoms with Crippen LogP contribution in [0.2, 0.25) is 0 Å². The third-order valence-corrected chi connectivity index (χ3v) is 5.72. The lowest BCUT2D eigenvalue weighted by molar-refractivity contribution is 0.0994. The van der Waals surface area contributed by atoms with E-state index in [9.17, 15) is 13.2 Å². The quantitative estimate of drug-likeness (QED) is 0.493. The maximum atomic E-state index is 12.5. The van der Waals surface area contributed by atoms with E-state index in [1.165, 1.54) is 23.1 Å². The normalized spacial score (nSPS) is 12.6. The van der Waals surface area contributed by atoms with Gasteiger partial charge in [-0.3, -0.25) is 9.52 Å². The molecule has 0 radical (unpaired) electrons. The summed E-state index contributed by atoms with van der Waals surface area (Å²) in [5.41, 5.74) is 0.947. The van der Waals surface area contributed by atoms with Gasteiger partial charge in [0.1, 0.15) is 0 Å². The van der Waals surface area contributed by atoms with E-state index in [-0.39, 0.29) is 11.0 Å². The van der Waals surface area contributed by atoms with Crippen LogP contribution in [0.1, 0.15) is 30.6 Å². The zero-order chi connectivity index (χ0) is 18.4. The first-order valence-electron chi connectivity index (χ1n) is 7.64. The maximum Gasteiger partial charge on any atom is 0.229 e. The molecule has 0 bridgehead atoms. The van der Waals surface area contributed by atoms with E-state index >= 15 is 0 Å². The zero-order valence-corrected chi connectivity index (χ0v) is 16.6. The smallest absolute Gasteiger partial charge is 0.229 e. The number of nitrogens with one attached hydrogen (secondary N) is 2. The highest BCUT2D eigenvalue weighted by Gasteiger charge is 2.19. The summed E-state index contributed by atoms with van der Waals surface area (Å²) in [6.45, 7) is 4.72. The van der Waals surface area contributed by atoms with Crippen molar-refractivity contribution in [3.63, 3.8) is 0 Å². The number of thioether (sulfide) groups is 1. The van der Waals surface area contributed by atoms with E-state index in [1.807, 2.05) is 6.92 Å². The first-order chi connectivity index (χ1) is 11.8. The lowest BCUT2D eigenvalue weighted by atomic mass is 10.1. The molecule has 0 aliphatic carbocycles. The molecule has 2 aromatic rings. The summed E-state index contributed by atoms with van der Waals surface area (Å²) in [5, 5.41) is 11.7. The molecule has 0 amide bonds. The van der Waals surface area contributed by atoms with Gasteiger partial charge in [0, 0.05) is 17.8 Å². The van der Waals surface area contributed by atoms with Crippen molar-refractivity contribution in [2.24, 2.45) is 0 Å². The molecule has 1 heterocycles. The minimum atomic E-state index is -3.33. The third kappa shape index (κ3) is 6.29. The lowest BCUT2D eigenvalue weighted by Gasteiger charge is -2.09. The molecule has 0 aliphatic heterocycles. The number of ketones is 1. The number of nitrogens with zero attached hydrogens (tertiary/aromatic N) is 2. The van der Waals surface area contributed by atoms with E-state index in [0.29, 0.717) is 11.3 Å². The third-order valence-electron chi connectivity index (χ3n) is 3.05. The van der Waals surface area contributed by atoms with Crippen molar-refractivity contribution in [1.29, 1.82) is 0 Å².